The van der Waals surface area contributed by atoms with Crippen LogP contribution in [0.15, 0.2) is 6.20 Å². The van der Waals surface area contributed by atoms with Crippen LogP contribution in [-0.2, 0) is 13.6 Å². The van der Waals surface area contributed by atoms with Crippen LogP contribution in [0, 0.1) is 6.92 Å². The summed E-state index contributed by atoms with van der Waals surface area (Å²) in [5, 5.41) is 4.49. The fourth-order valence-corrected chi connectivity index (χ4v) is 2.48. The van der Waals surface area contributed by atoms with Gasteiger partial charge < -0.3 is 9.88 Å². The highest BCUT2D eigenvalue weighted by atomic mass is 15.0. The Morgan fingerprint density at radius 3 is 2.82 bits per heavy atom. The molecule has 0 amide bonds. The molecule has 0 saturated heterocycles. The van der Waals surface area contributed by atoms with Crippen molar-refractivity contribution >= 4 is 11.0 Å². The molecule has 1 N–H and O–H groups in total. The van der Waals surface area contributed by atoms with Crippen LogP contribution in [0.25, 0.3) is 11.0 Å². The first kappa shape index (κ1) is 10.7. The lowest BCUT2D eigenvalue weighted by Crippen LogP contribution is -2.05. The van der Waals surface area contributed by atoms with Crippen molar-refractivity contribution in [2.45, 2.75) is 32.2 Å². The molecule has 0 atom stereocenters. The molecule has 0 bridgehead atoms. The molecule has 2 aromatic rings. The molecule has 1 saturated carbocycles. The molecular formula is C13H18N4. The number of fused-ring (bicyclic) bond motifs is 1. The molecule has 1 fully saturated rings. The summed E-state index contributed by atoms with van der Waals surface area (Å²) in [4.78, 5) is 9.24. The van der Waals surface area contributed by atoms with E-state index in [1.807, 2.05) is 14.0 Å². The second-order valence-electron chi connectivity index (χ2n) is 4.92. The van der Waals surface area contributed by atoms with E-state index in [2.05, 4.69) is 33.1 Å². The van der Waals surface area contributed by atoms with Crippen LogP contribution in [0.5, 0.6) is 0 Å². The number of nitrogens with zero attached hydrogens (tertiary/aromatic N) is 3. The molecular weight excluding hydrogens is 212 g/mol. The van der Waals surface area contributed by atoms with E-state index in [-0.39, 0.29) is 0 Å². The number of aryl methyl sites for hydroxylation is 2. The first-order chi connectivity index (χ1) is 8.20. The van der Waals surface area contributed by atoms with Crippen LogP contribution in [-0.4, -0.2) is 21.6 Å². The summed E-state index contributed by atoms with van der Waals surface area (Å²) in [6.07, 6.45) is 4.72. The quantitative estimate of drug-likeness (QED) is 0.875. The van der Waals surface area contributed by atoms with Gasteiger partial charge >= 0.3 is 0 Å². The van der Waals surface area contributed by atoms with Gasteiger partial charge in [-0.05, 0) is 32.4 Å². The van der Waals surface area contributed by atoms with Crippen molar-refractivity contribution in [3.8, 4) is 0 Å². The second-order valence-corrected chi connectivity index (χ2v) is 4.92. The fourth-order valence-electron chi connectivity index (χ4n) is 2.48. The van der Waals surface area contributed by atoms with Crippen LogP contribution >= 0.6 is 0 Å². The molecule has 0 aromatic carbocycles. The first-order valence-corrected chi connectivity index (χ1v) is 6.17. The van der Waals surface area contributed by atoms with Gasteiger partial charge in [0.1, 0.15) is 11.5 Å². The average molecular weight is 230 g/mol. The average Bonchev–Trinajstić information content (AvgIpc) is 3.07. The highest BCUT2D eigenvalue weighted by Gasteiger charge is 2.29. The topological polar surface area (TPSA) is 42.7 Å². The Kier molecular flexibility index (Phi) is 2.40. The van der Waals surface area contributed by atoms with Crippen molar-refractivity contribution in [2.75, 3.05) is 7.05 Å². The van der Waals surface area contributed by atoms with E-state index in [4.69, 9.17) is 0 Å². The molecule has 0 radical (unpaired) electrons. The molecule has 0 aliphatic heterocycles. The van der Waals surface area contributed by atoms with Crippen molar-refractivity contribution in [2.24, 2.45) is 7.05 Å². The van der Waals surface area contributed by atoms with E-state index >= 15 is 0 Å². The van der Waals surface area contributed by atoms with Gasteiger partial charge in [-0.2, -0.15) is 0 Å². The summed E-state index contributed by atoms with van der Waals surface area (Å²) < 4.78 is 2.11. The third kappa shape index (κ3) is 1.72. The van der Waals surface area contributed by atoms with E-state index in [0.29, 0.717) is 5.92 Å². The minimum absolute atomic E-state index is 0.664. The maximum atomic E-state index is 4.67. The Labute approximate surface area is 101 Å². The summed E-state index contributed by atoms with van der Waals surface area (Å²) in [5.41, 5.74) is 3.65. The lowest BCUT2D eigenvalue weighted by atomic mass is 10.1. The molecule has 3 rings (SSSR count). The minimum Gasteiger partial charge on any atom is -0.335 e. The van der Waals surface area contributed by atoms with Gasteiger partial charge in [-0.15, -0.1) is 0 Å². The van der Waals surface area contributed by atoms with Crippen LogP contribution in [0.4, 0.5) is 0 Å². The molecule has 1 aliphatic rings. The van der Waals surface area contributed by atoms with Crippen LogP contribution in [0.2, 0.25) is 0 Å². The standard InChI is InChI=1S/C13H18N4/c1-8-15-12(9-4-5-9)11-10(6-14-2)7-17(3)13(11)16-8/h7,9,14H,4-6H2,1-3H3. The molecule has 4 nitrogen and oxygen atoms in total. The van der Waals surface area contributed by atoms with Crippen molar-refractivity contribution in [1.82, 2.24) is 19.9 Å². The lowest BCUT2D eigenvalue weighted by molar-refractivity contribution is 0.814. The van der Waals surface area contributed by atoms with Crippen molar-refractivity contribution in [3.63, 3.8) is 0 Å². The maximum absolute atomic E-state index is 4.67. The molecule has 90 valence electrons. The number of rotatable bonds is 3. The smallest absolute Gasteiger partial charge is 0.143 e. The second kappa shape index (κ2) is 3.81. The molecule has 2 aromatic heterocycles. The van der Waals surface area contributed by atoms with E-state index in [1.54, 1.807) is 0 Å². The zero-order valence-electron chi connectivity index (χ0n) is 10.6. The summed E-state index contributed by atoms with van der Waals surface area (Å²) in [5.74, 6) is 1.55. The summed E-state index contributed by atoms with van der Waals surface area (Å²) in [7, 11) is 4.04. The number of hydrogen-bond donors (Lipinski definition) is 1. The largest absolute Gasteiger partial charge is 0.335 e. The van der Waals surface area contributed by atoms with Gasteiger partial charge in [0.15, 0.2) is 0 Å². The molecule has 0 unspecified atom stereocenters. The van der Waals surface area contributed by atoms with Crippen molar-refractivity contribution in [1.29, 1.82) is 0 Å². The monoisotopic (exact) mass is 230 g/mol. The van der Waals surface area contributed by atoms with Crippen molar-refractivity contribution < 1.29 is 0 Å². The molecule has 2 heterocycles. The van der Waals surface area contributed by atoms with E-state index in [0.717, 1.165) is 18.0 Å². The Morgan fingerprint density at radius 2 is 2.18 bits per heavy atom. The molecule has 17 heavy (non-hydrogen) atoms. The molecule has 1 aliphatic carbocycles. The Bertz CT molecular complexity index is 566. The number of nitrogens with one attached hydrogen (secondary N) is 1. The highest BCUT2D eigenvalue weighted by molar-refractivity contribution is 5.84. The van der Waals surface area contributed by atoms with E-state index in [1.165, 1.54) is 29.5 Å². The Morgan fingerprint density at radius 1 is 1.41 bits per heavy atom. The van der Waals surface area contributed by atoms with Gasteiger partial charge in [0.05, 0.1) is 5.69 Å². The number of hydrogen-bond acceptors (Lipinski definition) is 3. The third-order valence-electron chi connectivity index (χ3n) is 3.37. The zero-order chi connectivity index (χ0) is 12.0. The Hall–Kier alpha value is -1.42. The fraction of sp³-hybridized carbons (Fsp3) is 0.538. The molecule has 4 heteroatoms. The van der Waals surface area contributed by atoms with Gasteiger partial charge in [0.2, 0.25) is 0 Å². The third-order valence-corrected chi connectivity index (χ3v) is 3.37. The SMILES string of the molecule is CNCc1cn(C)c2nc(C)nc(C3CC3)c12. The van der Waals surface area contributed by atoms with Crippen LogP contribution in [0.3, 0.4) is 0 Å². The van der Waals surface area contributed by atoms with Gasteiger partial charge in [0, 0.05) is 31.1 Å². The van der Waals surface area contributed by atoms with E-state index < -0.39 is 0 Å². The van der Waals surface area contributed by atoms with Gasteiger partial charge in [-0.1, -0.05) is 0 Å². The highest BCUT2D eigenvalue weighted by Crippen LogP contribution is 2.42. The summed E-state index contributed by atoms with van der Waals surface area (Å²) in [6.45, 7) is 2.86. The Balaban J connectivity index is 2.28. The predicted molar refractivity (Wildman–Crippen MR) is 68.0 cm³/mol. The lowest BCUT2D eigenvalue weighted by Gasteiger charge is -2.05. The minimum atomic E-state index is 0.664. The predicted octanol–water partition coefficient (Wildman–Crippen LogP) is 1.87. The summed E-state index contributed by atoms with van der Waals surface area (Å²) in [6, 6.07) is 0. The van der Waals surface area contributed by atoms with Crippen LogP contribution in [0.1, 0.15) is 35.8 Å². The summed E-state index contributed by atoms with van der Waals surface area (Å²) >= 11 is 0. The van der Waals surface area contributed by atoms with Gasteiger partial charge in [0.25, 0.3) is 0 Å². The van der Waals surface area contributed by atoms with Gasteiger partial charge in [-0.3, -0.25) is 0 Å². The van der Waals surface area contributed by atoms with Gasteiger partial charge in [-0.25, -0.2) is 9.97 Å². The van der Waals surface area contributed by atoms with Crippen molar-refractivity contribution in [3.05, 3.63) is 23.3 Å². The maximum Gasteiger partial charge on any atom is 0.143 e. The normalized spacial score (nSPS) is 15.7. The first-order valence-electron chi connectivity index (χ1n) is 6.17. The number of aromatic nitrogens is 3. The zero-order valence-corrected chi connectivity index (χ0v) is 10.6. The van der Waals surface area contributed by atoms with E-state index in [9.17, 15) is 0 Å². The van der Waals surface area contributed by atoms with Crippen LogP contribution < -0.4 is 5.32 Å². The molecule has 0 spiro atoms.